The molecule has 5 nitrogen and oxygen atoms in total. The van der Waals surface area contributed by atoms with Crippen LogP contribution in [0.25, 0.3) is 0 Å². The average Bonchev–Trinajstić information content (AvgIpc) is 2.39. The van der Waals surface area contributed by atoms with Gasteiger partial charge in [-0.3, -0.25) is 9.59 Å². The lowest BCUT2D eigenvalue weighted by atomic mass is 10.1. The number of amides is 1. The Kier molecular flexibility index (Phi) is 4.86. The van der Waals surface area contributed by atoms with Crippen LogP contribution in [0.1, 0.15) is 17.3 Å². The van der Waals surface area contributed by atoms with E-state index in [-0.39, 0.29) is 17.8 Å². The van der Waals surface area contributed by atoms with E-state index in [9.17, 15) is 14.0 Å². The third-order valence-electron chi connectivity index (χ3n) is 2.74. The van der Waals surface area contributed by atoms with Crippen LogP contribution in [0.2, 0.25) is 0 Å². The maximum Gasteiger partial charge on any atom is 0.310 e. The van der Waals surface area contributed by atoms with Gasteiger partial charge in [0.05, 0.1) is 18.6 Å². The normalized spacial score (nSPS) is 11.8. The number of rotatable bonds is 4. The van der Waals surface area contributed by atoms with Crippen molar-refractivity contribution in [2.75, 3.05) is 26.4 Å². The summed E-state index contributed by atoms with van der Waals surface area (Å²) in [4.78, 5) is 24.7. The molecular formula is C13H17FN2O3. The molecule has 1 rings (SSSR count). The van der Waals surface area contributed by atoms with Gasteiger partial charge in [0.2, 0.25) is 0 Å². The number of methoxy groups -OCH3 is 1. The highest BCUT2D eigenvalue weighted by molar-refractivity contribution is 5.99. The molecule has 6 heteroatoms. The molecule has 19 heavy (non-hydrogen) atoms. The van der Waals surface area contributed by atoms with Crippen molar-refractivity contribution < 1.29 is 18.7 Å². The molecule has 1 amide bonds. The number of halogens is 1. The van der Waals surface area contributed by atoms with Gasteiger partial charge in [-0.2, -0.15) is 0 Å². The van der Waals surface area contributed by atoms with Gasteiger partial charge in [-0.25, -0.2) is 4.39 Å². The van der Waals surface area contributed by atoms with Crippen molar-refractivity contribution in [1.29, 1.82) is 0 Å². The summed E-state index contributed by atoms with van der Waals surface area (Å²) in [5.74, 6) is -1.85. The molecule has 0 aliphatic carbocycles. The fraction of sp³-hybridized carbons (Fsp3) is 0.385. The van der Waals surface area contributed by atoms with E-state index in [1.807, 2.05) is 0 Å². The van der Waals surface area contributed by atoms with E-state index >= 15 is 0 Å². The van der Waals surface area contributed by atoms with E-state index in [0.29, 0.717) is 0 Å². The van der Waals surface area contributed by atoms with Gasteiger partial charge in [0.25, 0.3) is 5.91 Å². The SMILES string of the molecule is COC(=O)C(C)CN(C)C(=O)c1cc(F)ccc1N. The van der Waals surface area contributed by atoms with Crippen LogP contribution in [0, 0.1) is 11.7 Å². The van der Waals surface area contributed by atoms with Gasteiger partial charge in [0.15, 0.2) is 0 Å². The van der Waals surface area contributed by atoms with Gasteiger partial charge in [-0.05, 0) is 18.2 Å². The lowest BCUT2D eigenvalue weighted by Gasteiger charge is -2.21. The molecule has 0 aliphatic heterocycles. The molecule has 0 radical (unpaired) electrons. The zero-order valence-corrected chi connectivity index (χ0v) is 11.1. The van der Waals surface area contributed by atoms with Gasteiger partial charge in [-0.15, -0.1) is 0 Å². The number of anilines is 1. The van der Waals surface area contributed by atoms with Crippen molar-refractivity contribution in [1.82, 2.24) is 4.90 Å². The number of carbonyl (C=O) groups is 2. The third kappa shape index (κ3) is 3.67. The number of hydrogen-bond donors (Lipinski definition) is 1. The Hall–Kier alpha value is -2.11. The molecule has 0 saturated heterocycles. The number of nitrogen functional groups attached to an aromatic ring is 1. The Bertz CT molecular complexity index is 491. The monoisotopic (exact) mass is 268 g/mol. The van der Waals surface area contributed by atoms with Gasteiger partial charge in [0.1, 0.15) is 5.82 Å². The van der Waals surface area contributed by atoms with Gasteiger partial charge in [0, 0.05) is 19.3 Å². The van der Waals surface area contributed by atoms with Crippen LogP contribution >= 0.6 is 0 Å². The predicted molar refractivity (Wildman–Crippen MR) is 69.0 cm³/mol. The Morgan fingerprint density at radius 3 is 2.68 bits per heavy atom. The largest absolute Gasteiger partial charge is 0.469 e. The van der Waals surface area contributed by atoms with Crippen LogP contribution in [-0.4, -0.2) is 37.5 Å². The summed E-state index contributed by atoms with van der Waals surface area (Å²) < 4.78 is 17.7. The molecular weight excluding hydrogens is 251 g/mol. The number of carbonyl (C=O) groups excluding carboxylic acids is 2. The third-order valence-corrected chi connectivity index (χ3v) is 2.74. The van der Waals surface area contributed by atoms with Crippen LogP contribution in [0.15, 0.2) is 18.2 Å². The minimum Gasteiger partial charge on any atom is -0.469 e. The van der Waals surface area contributed by atoms with Crippen molar-refractivity contribution in [3.8, 4) is 0 Å². The summed E-state index contributed by atoms with van der Waals surface area (Å²) in [5.41, 5.74) is 5.92. The van der Waals surface area contributed by atoms with Crippen molar-refractivity contribution in [3.63, 3.8) is 0 Å². The highest BCUT2D eigenvalue weighted by Gasteiger charge is 2.21. The first-order valence-corrected chi connectivity index (χ1v) is 5.75. The van der Waals surface area contributed by atoms with Gasteiger partial charge < -0.3 is 15.4 Å². The summed E-state index contributed by atoms with van der Waals surface area (Å²) in [7, 11) is 2.80. The molecule has 2 N–H and O–H groups in total. The topological polar surface area (TPSA) is 72.6 Å². The second kappa shape index (κ2) is 6.17. The standard InChI is InChI=1S/C13H17FN2O3/c1-8(13(18)19-3)7-16(2)12(17)10-6-9(14)4-5-11(10)15/h4-6,8H,7,15H2,1-3H3. The van der Waals surface area contributed by atoms with E-state index < -0.39 is 23.6 Å². The molecule has 0 heterocycles. The van der Waals surface area contributed by atoms with Crippen molar-refractivity contribution in [2.45, 2.75) is 6.92 Å². The zero-order valence-electron chi connectivity index (χ0n) is 11.1. The van der Waals surface area contributed by atoms with E-state index in [1.165, 1.54) is 31.2 Å². The molecule has 0 bridgehead atoms. The molecule has 1 aromatic rings. The van der Waals surface area contributed by atoms with Crippen molar-refractivity contribution in [3.05, 3.63) is 29.6 Å². The molecule has 1 aromatic carbocycles. The maximum atomic E-state index is 13.1. The van der Waals surface area contributed by atoms with E-state index in [4.69, 9.17) is 5.73 Å². The Balaban J connectivity index is 2.82. The fourth-order valence-electron chi connectivity index (χ4n) is 1.69. The molecule has 0 spiro atoms. The van der Waals surface area contributed by atoms with E-state index in [0.717, 1.165) is 6.07 Å². The van der Waals surface area contributed by atoms with Gasteiger partial charge >= 0.3 is 5.97 Å². The number of nitrogens with two attached hydrogens (primary N) is 1. The van der Waals surface area contributed by atoms with Crippen LogP contribution in [0.3, 0.4) is 0 Å². The predicted octanol–water partition coefficient (Wildman–Crippen LogP) is 1.29. The average molecular weight is 268 g/mol. The number of benzene rings is 1. The second-order valence-electron chi connectivity index (χ2n) is 4.34. The summed E-state index contributed by atoms with van der Waals surface area (Å²) >= 11 is 0. The van der Waals surface area contributed by atoms with Crippen LogP contribution in [0.4, 0.5) is 10.1 Å². The molecule has 1 unspecified atom stereocenters. The molecule has 0 aromatic heterocycles. The first-order chi connectivity index (χ1) is 8.86. The van der Waals surface area contributed by atoms with Crippen molar-refractivity contribution in [2.24, 2.45) is 5.92 Å². The number of nitrogens with zero attached hydrogens (tertiary/aromatic N) is 1. The fourth-order valence-corrected chi connectivity index (χ4v) is 1.69. The Labute approximate surface area is 111 Å². The highest BCUT2D eigenvalue weighted by atomic mass is 19.1. The summed E-state index contributed by atoms with van der Waals surface area (Å²) in [5, 5.41) is 0. The van der Waals surface area contributed by atoms with Crippen LogP contribution < -0.4 is 5.73 Å². The molecule has 104 valence electrons. The molecule has 0 saturated carbocycles. The van der Waals surface area contributed by atoms with Crippen LogP contribution in [-0.2, 0) is 9.53 Å². The lowest BCUT2D eigenvalue weighted by molar-refractivity contribution is -0.145. The first kappa shape index (κ1) is 14.9. The lowest BCUT2D eigenvalue weighted by Crippen LogP contribution is -2.34. The number of hydrogen-bond acceptors (Lipinski definition) is 4. The summed E-state index contributed by atoms with van der Waals surface area (Å²) in [6, 6.07) is 3.60. The number of ether oxygens (including phenoxy) is 1. The molecule has 0 fully saturated rings. The van der Waals surface area contributed by atoms with E-state index in [2.05, 4.69) is 4.74 Å². The van der Waals surface area contributed by atoms with Crippen LogP contribution in [0.5, 0.6) is 0 Å². The number of esters is 1. The smallest absolute Gasteiger partial charge is 0.310 e. The van der Waals surface area contributed by atoms with Gasteiger partial charge in [-0.1, -0.05) is 6.92 Å². The minimum atomic E-state index is -0.535. The molecule has 0 aliphatic rings. The summed E-state index contributed by atoms with van der Waals surface area (Å²) in [6.07, 6.45) is 0. The highest BCUT2D eigenvalue weighted by Crippen LogP contribution is 2.16. The Morgan fingerprint density at radius 2 is 2.11 bits per heavy atom. The maximum absolute atomic E-state index is 13.1. The first-order valence-electron chi connectivity index (χ1n) is 5.75. The zero-order chi connectivity index (χ0) is 14.6. The van der Waals surface area contributed by atoms with Crippen molar-refractivity contribution >= 4 is 17.6 Å². The quantitative estimate of drug-likeness (QED) is 0.659. The van der Waals surface area contributed by atoms with E-state index in [1.54, 1.807) is 6.92 Å². The second-order valence-corrected chi connectivity index (χ2v) is 4.34. The molecule has 1 atom stereocenters. The summed E-state index contributed by atoms with van der Waals surface area (Å²) in [6.45, 7) is 1.81. The minimum absolute atomic E-state index is 0.0829. The Morgan fingerprint density at radius 1 is 1.47 bits per heavy atom.